The minimum absolute atomic E-state index is 0.182. The van der Waals surface area contributed by atoms with Crippen LogP contribution in [0.5, 0.6) is 0 Å². The number of rotatable bonds is 7. The van der Waals surface area contributed by atoms with E-state index in [1.165, 1.54) is 0 Å². The lowest BCUT2D eigenvalue weighted by Gasteiger charge is -2.34. The number of fused-ring (bicyclic) bond motifs is 1. The number of hydrogen-bond acceptors (Lipinski definition) is 4. The highest BCUT2D eigenvalue weighted by atomic mass is 16.5. The average molecular weight is 448 g/mol. The molecule has 3 aromatic rings. The first-order valence-electron chi connectivity index (χ1n) is 11.4. The summed E-state index contributed by atoms with van der Waals surface area (Å²) in [6, 6.07) is 16.0. The number of piperidine rings is 1. The van der Waals surface area contributed by atoms with Gasteiger partial charge >= 0.3 is 5.97 Å². The number of esters is 1. The van der Waals surface area contributed by atoms with Crippen LogP contribution in [0.3, 0.4) is 0 Å². The molecule has 2 unspecified atom stereocenters. The summed E-state index contributed by atoms with van der Waals surface area (Å²) in [4.78, 5) is 43.7. The number of carbonyl (C=O) groups excluding carboxylic acids is 3. The fraction of sp³-hybridized carbons (Fsp3) is 0.346. The van der Waals surface area contributed by atoms with Gasteiger partial charge in [-0.15, -0.1) is 0 Å². The third-order valence-electron chi connectivity index (χ3n) is 6.09. The van der Waals surface area contributed by atoms with Crippen LogP contribution in [0.15, 0.2) is 60.8 Å². The fourth-order valence-electron chi connectivity index (χ4n) is 4.40. The predicted molar refractivity (Wildman–Crippen MR) is 126 cm³/mol. The van der Waals surface area contributed by atoms with Crippen molar-refractivity contribution in [2.75, 3.05) is 19.7 Å². The molecule has 0 spiro atoms. The van der Waals surface area contributed by atoms with Gasteiger partial charge in [-0.05, 0) is 43.5 Å². The van der Waals surface area contributed by atoms with Crippen molar-refractivity contribution >= 4 is 28.7 Å². The molecule has 2 aromatic carbocycles. The number of benzene rings is 2. The van der Waals surface area contributed by atoms with E-state index in [1.54, 1.807) is 36.1 Å². The molecule has 0 saturated carbocycles. The number of likely N-dealkylation sites (tertiary alicyclic amines) is 1. The van der Waals surface area contributed by atoms with Crippen LogP contribution in [0.2, 0.25) is 0 Å². The van der Waals surface area contributed by atoms with Crippen molar-refractivity contribution in [1.82, 2.24) is 15.2 Å². The quantitative estimate of drug-likeness (QED) is 0.544. The standard InChI is InChI=1S/C26H29N3O4/c1-2-33-26(32)19-11-8-14-29(17-19)25(31)23(28-24(30)18-9-4-3-5-10-18)15-20-16-27-22-13-7-6-12-21(20)22/h3-7,9-10,12-13,16,19,23,27H,2,8,11,14-15,17H2,1H3,(H,28,30). The van der Waals surface area contributed by atoms with E-state index in [4.69, 9.17) is 4.74 Å². The lowest BCUT2D eigenvalue weighted by molar-refractivity contribution is -0.151. The minimum Gasteiger partial charge on any atom is -0.466 e. The van der Waals surface area contributed by atoms with E-state index in [9.17, 15) is 14.4 Å². The molecule has 1 aliphatic rings. The summed E-state index contributed by atoms with van der Waals surface area (Å²) in [5.41, 5.74) is 2.43. The van der Waals surface area contributed by atoms with Crippen molar-refractivity contribution in [3.63, 3.8) is 0 Å². The zero-order valence-corrected chi connectivity index (χ0v) is 18.8. The average Bonchev–Trinajstić information content (AvgIpc) is 3.26. The first-order valence-corrected chi connectivity index (χ1v) is 11.4. The summed E-state index contributed by atoms with van der Waals surface area (Å²) in [6.07, 6.45) is 3.66. The number of ether oxygens (including phenoxy) is 1. The van der Waals surface area contributed by atoms with Crippen LogP contribution >= 0.6 is 0 Å². The van der Waals surface area contributed by atoms with Gasteiger partial charge in [-0.1, -0.05) is 36.4 Å². The van der Waals surface area contributed by atoms with Gasteiger partial charge < -0.3 is 19.9 Å². The minimum atomic E-state index is -0.752. The maximum absolute atomic E-state index is 13.6. The van der Waals surface area contributed by atoms with Crippen molar-refractivity contribution in [2.24, 2.45) is 5.92 Å². The molecule has 0 aliphatic carbocycles. The Balaban J connectivity index is 1.56. The largest absolute Gasteiger partial charge is 0.466 e. The molecule has 7 nitrogen and oxygen atoms in total. The SMILES string of the molecule is CCOC(=O)C1CCCN(C(=O)C(Cc2c[nH]c3ccccc23)NC(=O)c2ccccc2)C1. The second-order valence-electron chi connectivity index (χ2n) is 8.33. The summed E-state index contributed by atoms with van der Waals surface area (Å²) in [5.74, 6) is -1.08. The van der Waals surface area contributed by atoms with Crippen LogP contribution in [0.4, 0.5) is 0 Å². The van der Waals surface area contributed by atoms with Crippen molar-refractivity contribution in [3.05, 3.63) is 71.9 Å². The van der Waals surface area contributed by atoms with Crippen LogP contribution in [0.1, 0.15) is 35.7 Å². The highest BCUT2D eigenvalue weighted by Gasteiger charge is 2.33. The van der Waals surface area contributed by atoms with Crippen LogP contribution in [-0.2, 0) is 20.7 Å². The molecule has 0 bridgehead atoms. The number of para-hydroxylation sites is 1. The zero-order valence-electron chi connectivity index (χ0n) is 18.8. The lowest BCUT2D eigenvalue weighted by Crippen LogP contribution is -2.53. The zero-order chi connectivity index (χ0) is 23.2. The summed E-state index contributed by atoms with van der Waals surface area (Å²) < 4.78 is 5.17. The molecule has 1 fully saturated rings. The van der Waals surface area contributed by atoms with Gasteiger partial charge in [-0.2, -0.15) is 0 Å². The molecular weight excluding hydrogens is 418 g/mol. The monoisotopic (exact) mass is 447 g/mol. The number of nitrogens with zero attached hydrogens (tertiary/aromatic N) is 1. The van der Waals surface area contributed by atoms with Crippen molar-refractivity contribution in [2.45, 2.75) is 32.2 Å². The molecule has 2 heterocycles. The fourth-order valence-corrected chi connectivity index (χ4v) is 4.40. The Morgan fingerprint density at radius 2 is 1.88 bits per heavy atom. The molecule has 2 atom stereocenters. The second kappa shape index (κ2) is 10.3. The van der Waals surface area contributed by atoms with Gasteiger partial charge in [0.05, 0.1) is 12.5 Å². The number of nitrogens with one attached hydrogen (secondary N) is 2. The predicted octanol–water partition coefficient (Wildman–Crippen LogP) is 3.31. The van der Waals surface area contributed by atoms with Crippen molar-refractivity contribution in [1.29, 1.82) is 0 Å². The molecule has 172 valence electrons. The Kier molecular flexibility index (Phi) is 7.07. The first-order chi connectivity index (χ1) is 16.1. The molecule has 33 heavy (non-hydrogen) atoms. The highest BCUT2D eigenvalue weighted by molar-refractivity contribution is 5.98. The Labute approximate surface area is 193 Å². The molecule has 7 heteroatoms. The number of aromatic amines is 1. The third kappa shape index (κ3) is 5.25. The van der Waals surface area contributed by atoms with E-state index < -0.39 is 6.04 Å². The van der Waals surface area contributed by atoms with Crippen LogP contribution in [-0.4, -0.2) is 53.4 Å². The number of hydrogen-bond donors (Lipinski definition) is 2. The van der Waals surface area contributed by atoms with Gasteiger partial charge in [0.2, 0.25) is 5.91 Å². The normalized spacial score (nSPS) is 16.9. The molecular formula is C26H29N3O4. The van der Waals surface area contributed by atoms with Crippen LogP contribution < -0.4 is 5.32 Å². The number of amides is 2. The smallest absolute Gasteiger partial charge is 0.310 e. The number of carbonyl (C=O) groups is 3. The van der Waals surface area contributed by atoms with Gasteiger partial charge in [0, 0.05) is 42.2 Å². The first kappa shape index (κ1) is 22.6. The molecule has 1 aromatic heterocycles. The molecule has 0 radical (unpaired) electrons. The van der Waals surface area contributed by atoms with Gasteiger partial charge in [0.1, 0.15) is 6.04 Å². The van der Waals surface area contributed by atoms with Gasteiger partial charge in [-0.3, -0.25) is 14.4 Å². The maximum atomic E-state index is 13.6. The van der Waals surface area contributed by atoms with Gasteiger partial charge in [0.15, 0.2) is 0 Å². The molecule has 2 N–H and O–H groups in total. The third-order valence-corrected chi connectivity index (χ3v) is 6.09. The topological polar surface area (TPSA) is 91.5 Å². The Morgan fingerprint density at radius 3 is 2.67 bits per heavy atom. The summed E-state index contributed by atoms with van der Waals surface area (Å²) >= 11 is 0. The molecule has 4 rings (SSSR count). The van der Waals surface area contributed by atoms with E-state index >= 15 is 0 Å². The summed E-state index contributed by atoms with van der Waals surface area (Å²) in [7, 11) is 0. The maximum Gasteiger partial charge on any atom is 0.310 e. The van der Waals surface area contributed by atoms with E-state index in [2.05, 4.69) is 10.3 Å². The Morgan fingerprint density at radius 1 is 1.12 bits per heavy atom. The highest BCUT2D eigenvalue weighted by Crippen LogP contribution is 2.22. The lowest BCUT2D eigenvalue weighted by atomic mass is 9.96. The van der Waals surface area contributed by atoms with Crippen LogP contribution in [0, 0.1) is 5.92 Å². The van der Waals surface area contributed by atoms with Crippen molar-refractivity contribution in [3.8, 4) is 0 Å². The van der Waals surface area contributed by atoms with Gasteiger partial charge in [0.25, 0.3) is 5.91 Å². The van der Waals surface area contributed by atoms with Gasteiger partial charge in [-0.25, -0.2) is 0 Å². The van der Waals surface area contributed by atoms with E-state index in [1.807, 2.05) is 36.5 Å². The van der Waals surface area contributed by atoms with Crippen molar-refractivity contribution < 1.29 is 19.1 Å². The number of H-pyrrole nitrogens is 1. The summed E-state index contributed by atoms with van der Waals surface area (Å²) in [5, 5.41) is 3.96. The van der Waals surface area contributed by atoms with E-state index in [-0.39, 0.29) is 23.7 Å². The number of aromatic nitrogens is 1. The molecule has 1 aliphatic heterocycles. The Hall–Kier alpha value is -3.61. The Bertz CT molecular complexity index is 1120. The van der Waals surface area contributed by atoms with E-state index in [0.29, 0.717) is 38.1 Å². The molecule has 1 saturated heterocycles. The summed E-state index contributed by atoms with van der Waals surface area (Å²) in [6.45, 7) is 2.96. The second-order valence-corrected chi connectivity index (χ2v) is 8.33. The molecule has 2 amide bonds. The van der Waals surface area contributed by atoms with E-state index in [0.717, 1.165) is 22.9 Å². The van der Waals surface area contributed by atoms with Crippen LogP contribution in [0.25, 0.3) is 10.9 Å².